The number of benzene rings is 2. The van der Waals surface area contributed by atoms with Crippen LogP contribution in [-0.2, 0) is 0 Å². The average molecular weight is 726 g/mol. The van der Waals surface area contributed by atoms with Gasteiger partial charge in [0.15, 0.2) is 5.82 Å². The van der Waals surface area contributed by atoms with Crippen LogP contribution in [0.3, 0.4) is 0 Å². The van der Waals surface area contributed by atoms with E-state index in [1.807, 2.05) is 12.1 Å². The third kappa shape index (κ3) is 8.03. The highest BCUT2D eigenvalue weighted by Crippen LogP contribution is 2.30. The molecular formula is C36H33F2N9O6. The lowest BCUT2D eigenvalue weighted by molar-refractivity contribution is -0.384. The van der Waals surface area contributed by atoms with Crippen LogP contribution in [0.2, 0.25) is 0 Å². The fourth-order valence-electron chi connectivity index (χ4n) is 6.39. The van der Waals surface area contributed by atoms with Crippen LogP contribution >= 0.6 is 0 Å². The fourth-order valence-corrected chi connectivity index (χ4v) is 6.39. The Balaban J connectivity index is 0.000000165. The molecule has 0 bridgehead atoms. The zero-order valence-corrected chi connectivity index (χ0v) is 28.2. The first-order valence-electron chi connectivity index (χ1n) is 17.0. The van der Waals surface area contributed by atoms with Gasteiger partial charge in [-0.25, -0.2) is 8.78 Å². The Morgan fingerprint density at radius 3 is 2.00 bits per heavy atom. The smallest absolute Gasteiger partial charge is 0.287 e. The summed E-state index contributed by atoms with van der Waals surface area (Å²) in [5.41, 5.74) is 1.98. The van der Waals surface area contributed by atoms with E-state index in [1.54, 1.807) is 16.0 Å². The van der Waals surface area contributed by atoms with Crippen molar-refractivity contribution in [1.29, 1.82) is 0 Å². The zero-order chi connectivity index (χ0) is 36.9. The second-order valence-electron chi connectivity index (χ2n) is 12.7. The van der Waals surface area contributed by atoms with Crippen LogP contribution < -0.4 is 0 Å². The molecule has 8 rings (SSSR count). The van der Waals surface area contributed by atoms with Crippen molar-refractivity contribution in [3.8, 4) is 23.1 Å². The van der Waals surface area contributed by atoms with E-state index < -0.39 is 10.7 Å². The van der Waals surface area contributed by atoms with Gasteiger partial charge in [-0.15, -0.1) is 0 Å². The number of amides is 2. The number of hydrogen-bond donors (Lipinski definition) is 2. The van der Waals surface area contributed by atoms with Crippen LogP contribution in [0.25, 0.3) is 23.1 Å². The SMILES string of the molecule is O=C(c1ccc(F)cc1)N1CCC[C@@H](c2nc(-c3ccc[nH]3)no2)C1.O=C(c1ccc(F)cc1)N1CCC[C@H](c2noc(-c3cc([N+](=O)[O-])c[nH]3)n2)C1. The minimum atomic E-state index is -0.517. The molecular weight excluding hydrogens is 692 g/mol. The molecule has 2 N–H and O–H groups in total. The molecule has 2 amide bonds. The first kappa shape index (κ1) is 34.9. The molecule has 17 heteroatoms. The van der Waals surface area contributed by atoms with Gasteiger partial charge >= 0.3 is 0 Å². The number of hydrogen-bond acceptors (Lipinski definition) is 10. The second-order valence-corrected chi connectivity index (χ2v) is 12.7. The number of piperidine rings is 2. The first-order chi connectivity index (χ1) is 25.7. The highest BCUT2D eigenvalue weighted by molar-refractivity contribution is 5.94. The summed E-state index contributed by atoms with van der Waals surface area (Å²) in [7, 11) is 0. The summed E-state index contributed by atoms with van der Waals surface area (Å²) in [5.74, 6) is 0.544. The number of carbonyl (C=O) groups excluding carboxylic acids is 2. The lowest BCUT2D eigenvalue weighted by Crippen LogP contribution is -2.39. The van der Waals surface area contributed by atoms with E-state index in [0.29, 0.717) is 60.5 Å². The maximum Gasteiger partial charge on any atom is 0.287 e. The molecule has 0 spiro atoms. The normalized spacial score (nSPS) is 17.2. The molecule has 6 aromatic rings. The van der Waals surface area contributed by atoms with Crippen molar-refractivity contribution < 1.29 is 32.3 Å². The van der Waals surface area contributed by atoms with E-state index in [0.717, 1.165) is 31.4 Å². The van der Waals surface area contributed by atoms with Gasteiger partial charge in [-0.3, -0.25) is 19.7 Å². The quantitative estimate of drug-likeness (QED) is 0.138. The zero-order valence-electron chi connectivity index (χ0n) is 28.2. The standard InChI is InChI=1S/C18H16FN5O4.C18H17FN4O2/c19-13-5-3-11(4-6-13)18(25)23-7-1-2-12(10-23)16-21-17(28-22-16)15-8-14(9-20-15)24(26)27;19-14-7-5-12(6-8-14)18(24)23-10-2-3-13(11-23)17-21-16(22-25-17)15-4-1-9-20-15/h3-6,8-9,12,20H,1-2,7,10H2;1,4-9,13,20H,2-3,10-11H2/t12-;13-/m01/s1. The molecule has 2 saturated heterocycles. The minimum absolute atomic E-state index is 0.00867. The highest BCUT2D eigenvalue weighted by Gasteiger charge is 2.31. The molecule has 6 heterocycles. The van der Waals surface area contributed by atoms with Gasteiger partial charge in [0.2, 0.25) is 11.7 Å². The monoisotopic (exact) mass is 725 g/mol. The maximum absolute atomic E-state index is 13.1. The highest BCUT2D eigenvalue weighted by atomic mass is 19.1. The molecule has 2 fully saturated rings. The van der Waals surface area contributed by atoms with Crippen molar-refractivity contribution in [1.82, 2.24) is 40.0 Å². The molecule has 4 aromatic heterocycles. The molecule has 2 aliphatic rings. The average Bonchev–Trinajstić information content (AvgIpc) is 4.02. The number of nitrogens with one attached hydrogen (secondary N) is 2. The lowest BCUT2D eigenvalue weighted by Gasteiger charge is -2.31. The number of rotatable bonds is 7. The van der Waals surface area contributed by atoms with Crippen molar-refractivity contribution in [3.63, 3.8) is 0 Å². The number of aromatic amines is 2. The number of H-pyrrole nitrogens is 2. The molecule has 15 nitrogen and oxygen atoms in total. The summed E-state index contributed by atoms with van der Waals surface area (Å²) in [6.07, 6.45) is 6.36. The van der Waals surface area contributed by atoms with Gasteiger partial charge in [0.1, 0.15) is 17.3 Å². The van der Waals surface area contributed by atoms with Crippen LogP contribution in [0.5, 0.6) is 0 Å². The van der Waals surface area contributed by atoms with Crippen LogP contribution in [0.15, 0.2) is 88.2 Å². The number of halogens is 2. The van der Waals surface area contributed by atoms with Crippen LogP contribution in [-0.4, -0.2) is 83.0 Å². The summed E-state index contributed by atoms with van der Waals surface area (Å²) < 4.78 is 36.8. The molecule has 2 atom stereocenters. The Morgan fingerprint density at radius 2 is 1.42 bits per heavy atom. The molecule has 0 aliphatic carbocycles. The number of carbonyl (C=O) groups is 2. The van der Waals surface area contributed by atoms with Crippen molar-refractivity contribution in [2.45, 2.75) is 37.5 Å². The Hall–Kier alpha value is -6.52. The van der Waals surface area contributed by atoms with Gasteiger partial charge in [0, 0.05) is 55.5 Å². The van der Waals surface area contributed by atoms with E-state index in [9.17, 15) is 28.5 Å². The van der Waals surface area contributed by atoms with E-state index in [-0.39, 0.29) is 41.0 Å². The van der Waals surface area contributed by atoms with Gasteiger partial charge in [-0.05, 0) is 86.3 Å². The maximum atomic E-state index is 13.1. The summed E-state index contributed by atoms with van der Waals surface area (Å²) in [6, 6.07) is 16.1. The van der Waals surface area contributed by atoms with E-state index in [1.165, 1.54) is 60.8 Å². The number of likely N-dealkylation sites (tertiary alicyclic amines) is 2. The fraction of sp³-hybridized carbons (Fsp3) is 0.278. The van der Waals surface area contributed by atoms with Gasteiger partial charge in [0.25, 0.3) is 23.4 Å². The van der Waals surface area contributed by atoms with Crippen LogP contribution in [0.4, 0.5) is 14.5 Å². The lowest BCUT2D eigenvalue weighted by atomic mass is 9.96. The summed E-state index contributed by atoms with van der Waals surface area (Å²) in [4.78, 5) is 53.6. The Labute approximate surface area is 300 Å². The Bertz CT molecular complexity index is 2180. The molecule has 0 radical (unpaired) electrons. The van der Waals surface area contributed by atoms with Gasteiger partial charge in [-0.2, -0.15) is 9.97 Å². The third-order valence-electron chi connectivity index (χ3n) is 9.15. The largest absolute Gasteiger partial charge is 0.359 e. The third-order valence-corrected chi connectivity index (χ3v) is 9.15. The van der Waals surface area contributed by atoms with E-state index >= 15 is 0 Å². The second kappa shape index (κ2) is 15.4. The summed E-state index contributed by atoms with van der Waals surface area (Å²) in [5, 5.41) is 18.8. The Morgan fingerprint density at radius 1 is 0.792 bits per heavy atom. The molecule has 272 valence electrons. The van der Waals surface area contributed by atoms with Crippen molar-refractivity contribution in [2.24, 2.45) is 0 Å². The van der Waals surface area contributed by atoms with Gasteiger partial charge in [-0.1, -0.05) is 10.3 Å². The van der Waals surface area contributed by atoms with Crippen LogP contribution in [0, 0.1) is 21.7 Å². The first-order valence-corrected chi connectivity index (χ1v) is 17.0. The van der Waals surface area contributed by atoms with Gasteiger partial charge < -0.3 is 28.8 Å². The van der Waals surface area contributed by atoms with Gasteiger partial charge in [0.05, 0.1) is 22.7 Å². The predicted molar refractivity (Wildman–Crippen MR) is 183 cm³/mol. The Kier molecular flexibility index (Phi) is 10.1. The minimum Gasteiger partial charge on any atom is -0.359 e. The van der Waals surface area contributed by atoms with Crippen molar-refractivity contribution >= 4 is 17.5 Å². The van der Waals surface area contributed by atoms with Crippen LogP contribution in [0.1, 0.15) is 70.0 Å². The number of aromatic nitrogens is 6. The number of nitro groups is 1. The topological polar surface area (TPSA) is 193 Å². The molecule has 53 heavy (non-hydrogen) atoms. The molecule has 0 saturated carbocycles. The predicted octanol–water partition coefficient (Wildman–Crippen LogP) is 6.36. The number of nitrogens with zero attached hydrogens (tertiary/aromatic N) is 7. The molecule has 2 aliphatic heterocycles. The van der Waals surface area contributed by atoms with E-state index in [4.69, 9.17) is 9.05 Å². The molecule has 0 unspecified atom stereocenters. The summed E-state index contributed by atoms with van der Waals surface area (Å²) in [6.45, 7) is 2.20. The van der Waals surface area contributed by atoms with Crippen molar-refractivity contribution in [3.05, 3.63) is 124 Å². The van der Waals surface area contributed by atoms with E-state index in [2.05, 4.69) is 30.2 Å². The molecule has 2 aromatic carbocycles. The summed E-state index contributed by atoms with van der Waals surface area (Å²) >= 11 is 0. The van der Waals surface area contributed by atoms with Crippen molar-refractivity contribution in [2.75, 3.05) is 26.2 Å².